The van der Waals surface area contributed by atoms with E-state index in [1.807, 2.05) is 6.07 Å². The molecule has 0 N–H and O–H groups in total. The van der Waals surface area contributed by atoms with Crippen LogP contribution in [-0.2, 0) is 13.1 Å². The molecule has 3 rings (SSSR count). The quantitative estimate of drug-likeness (QED) is 0.859. The minimum atomic E-state index is 0.935. The van der Waals surface area contributed by atoms with Crippen LogP contribution >= 0.6 is 0 Å². The van der Waals surface area contributed by atoms with Crippen molar-refractivity contribution in [2.45, 2.75) is 26.9 Å². The van der Waals surface area contributed by atoms with Crippen LogP contribution in [0.3, 0.4) is 0 Å². The lowest BCUT2D eigenvalue weighted by Gasteiger charge is -2.34. The highest BCUT2D eigenvalue weighted by molar-refractivity contribution is 5.30. The van der Waals surface area contributed by atoms with E-state index in [1.54, 1.807) is 6.26 Å². The number of benzene rings is 1. The third-order valence-corrected chi connectivity index (χ3v) is 4.32. The molecule has 3 heteroatoms. The normalized spacial score (nSPS) is 17.2. The van der Waals surface area contributed by atoms with Crippen LogP contribution in [0, 0.1) is 13.8 Å². The van der Waals surface area contributed by atoms with Crippen LogP contribution in [-0.4, -0.2) is 36.0 Å². The summed E-state index contributed by atoms with van der Waals surface area (Å²) in [6, 6.07) is 10.8. The van der Waals surface area contributed by atoms with E-state index in [2.05, 4.69) is 47.9 Å². The van der Waals surface area contributed by atoms with Gasteiger partial charge in [0.2, 0.25) is 0 Å². The number of hydrogen-bond acceptors (Lipinski definition) is 3. The predicted molar refractivity (Wildman–Crippen MR) is 85.2 cm³/mol. The molecule has 1 aliphatic heterocycles. The van der Waals surface area contributed by atoms with Gasteiger partial charge in [-0.15, -0.1) is 0 Å². The average Bonchev–Trinajstić information content (AvgIpc) is 2.97. The summed E-state index contributed by atoms with van der Waals surface area (Å²) >= 11 is 0. The lowest BCUT2D eigenvalue weighted by Crippen LogP contribution is -2.45. The highest BCUT2D eigenvalue weighted by atomic mass is 16.3. The first kappa shape index (κ1) is 14.4. The van der Waals surface area contributed by atoms with Crippen LogP contribution in [0.25, 0.3) is 0 Å². The maximum atomic E-state index is 5.43. The maximum Gasteiger partial charge on any atom is 0.117 e. The van der Waals surface area contributed by atoms with Gasteiger partial charge in [-0.2, -0.15) is 0 Å². The number of nitrogens with zero attached hydrogens (tertiary/aromatic N) is 2. The Morgan fingerprint density at radius 2 is 1.67 bits per heavy atom. The smallest absolute Gasteiger partial charge is 0.117 e. The van der Waals surface area contributed by atoms with E-state index in [-0.39, 0.29) is 0 Å². The minimum absolute atomic E-state index is 0.935. The van der Waals surface area contributed by atoms with Crippen LogP contribution in [0.1, 0.15) is 22.5 Å². The third-order valence-electron chi connectivity index (χ3n) is 4.32. The highest BCUT2D eigenvalue weighted by Crippen LogP contribution is 2.15. The first-order chi connectivity index (χ1) is 10.2. The molecule has 0 bridgehead atoms. The summed E-state index contributed by atoms with van der Waals surface area (Å²) in [6.07, 6.45) is 1.76. The number of piperazine rings is 1. The Bertz CT molecular complexity index is 569. The van der Waals surface area contributed by atoms with Crippen molar-refractivity contribution in [3.8, 4) is 0 Å². The highest BCUT2D eigenvalue weighted by Gasteiger charge is 2.18. The second-order valence-corrected chi connectivity index (χ2v) is 6.06. The van der Waals surface area contributed by atoms with Gasteiger partial charge in [0.1, 0.15) is 5.76 Å². The summed E-state index contributed by atoms with van der Waals surface area (Å²) in [7, 11) is 0. The van der Waals surface area contributed by atoms with Crippen LogP contribution in [0.2, 0.25) is 0 Å². The van der Waals surface area contributed by atoms with Gasteiger partial charge in [0.05, 0.1) is 12.8 Å². The lowest BCUT2D eigenvalue weighted by atomic mass is 10.1. The summed E-state index contributed by atoms with van der Waals surface area (Å²) in [5.41, 5.74) is 4.22. The summed E-state index contributed by atoms with van der Waals surface area (Å²) in [6.45, 7) is 10.9. The zero-order chi connectivity index (χ0) is 14.7. The Morgan fingerprint density at radius 1 is 0.952 bits per heavy atom. The fraction of sp³-hybridized carbons (Fsp3) is 0.444. The van der Waals surface area contributed by atoms with Crippen molar-refractivity contribution in [1.82, 2.24) is 9.80 Å². The fourth-order valence-corrected chi connectivity index (χ4v) is 2.99. The standard InChI is InChI=1S/C18H24N2O/c1-15-5-6-17(16(2)12-15)13-19-7-9-20(10-8-19)14-18-4-3-11-21-18/h3-6,11-12H,7-10,13-14H2,1-2H3. The topological polar surface area (TPSA) is 19.6 Å². The SMILES string of the molecule is Cc1ccc(CN2CCN(Cc3ccco3)CC2)c(C)c1. The van der Waals surface area contributed by atoms with Gasteiger partial charge in [0.25, 0.3) is 0 Å². The molecule has 0 atom stereocenters. The van der Waals surface area contributed by atoms with Gasteiger partial charge in [-0.25, -0.2) is 0 Å². The molecule has 112 valence electrons. The van der Waals surface area contributed by atoms with Crippen LogP contribution in [0.4, 0.5) is 0 Å². The Hall–Kier alpha value is -1.58. The maximum absolute atomic E-state index is 5.43. The second-order valence-electron chi connectivity index (χ2n) is 6.06. The van der Waals surface area contributed by atoms with Gasteiger partial charge < -0.3 is 4.42 Å². The zero-order valence-corrected chi connectivity index (χ0v) is 13.0. The molecule has 0 amide bonds. The second kappa shape index (κ2) is 6.46. The van der Waals surface area contributed by atoms with Crippen LogP contribution in [0.15, 0.2) is 41.0 Å². The fourth-order valence-electron chi connectivity index (χ4n) is 2.99. The Morgan fingerprint density at radius 3 is 2.29 bits per heavy atom. The van der Waals surface area contributed by atoms with Crippen molar-refractivity contribution in [3.05, 3.63) is 59.0 Å². The molecular formula is C18H24N2O. The largest absolute Gasteiger partial charge is 0.468 e. The molecule has 3 nitrogen and oxygen atoms in total. The predicted octanol–water partition coefficient (Wildman–Crippen LogP) is 3.21. The zero-order valence-electron chi connectivity index (χ0n) is 13.0. The monoisotopic (exact) mass is 284 g/mol. The van der Waals surface area contributed by atoms with Gasteiger partial charge in [-0.3, -0.25) is 9.80 Å². The molecule has 0 unspecified atom stereocenters. The van der Waals surface area contributed by atoms with Gasteiger partial charge in [0, 0.05) is 32.7 Å². The van der Waals surface area contributed by atoms with Crippen molar-refractivity contribution in [1.29, 1.82) is 0 Å². The minimum Gasteiger partial charge on any atom is -0.468 e. The van der Waals surface area contributed by atoms with Crippen LogP contribution < -0.4 is 0 Å². The molecule has 21 heavy (non-hydrogen) atoms. The molecule has 1 aliphatic rings. The molecule has 1 saturated heterocycles. The van der Waals surface area contributed by atoms with Crippen LogP contribution in [0.5, 0.6) is 0 Å². The molecule has 0 radical (unpaired) electrons. The average molecular weight is 284 g/mol. The molecule has 0 spiro atoms. The summed E-state index contributed by atoms with van der Waals surface area (Å²) in [4.78, 5) is 5.02. The lowest BCUT2D eigenvalue weighted by molar-refractivity contribution is 0.116. The van der Waals surface area contributed by atoms with E-state index in [0.717, 1.165) is 45.0 Å². The summed E-state index contributed by atoms with van der Waals surface area (Å²) in [5, 5.41) is 0. The van der Waals surface area contributed by atoms with Crippen molar-refractivity contribution in [3.63, 3.8) is 0 Å². The first-order valence-corrected chi connectivity index (χ1v) is 7.74. The Balaban J connectivity index is 1.51. The molecule has 2 aromatic rings. The number of hydrogen-bond donors (Lipinski definition) is 0. The third kappa shape index (κ3) is 3.74. The summed E-state index contributed by atoms with van der Waals surface area (Å²) in [5.74, 6) is 1.07. The van der Waals surface area contributed by atoms with Crippen molar-refractivity contribution >= 4 is 0 Å². The van der Waals surface area contributed by atoms with Crippen molar-refractivity contribution in [2.24, 2.45) is 0 Å². The van der Waals surface area contributed by atoms with Crippen molar-refractivity contribution < 1.29 is 4.42 Å². The Kier molecular flexibility index (Phi) is 4.42. The molecule has 0 aliphatic carbocycles. The summed E-state index contributed by atoms with van der Waals surface area (Å²) < 4.78 is 5.43. The molecular weight excluding hydrogens is 260 g/mol. The Labute approximate surface area is 127 Å². The molecule has 1 aromatic heterocycles. The van der Waals surface area contributed by atoms with E-state index in [9.17, 15) is 0 Å². The van der Waals surface area contributed by atoms with Gasteiger partial charge in [-0.05, 0) is 37.1 Å². The van der Waals surface area contributed by atoms with E-state index in [1.165, 1.54) is 16.7 Å². The number of furan rings is 1. The van der Waals surface area contributed by atoms with Gasteiger partial charge in [0.15, 0.2) is 0 Å². The van der Waals surface area contributed by atoms with E-state index in [4.69, 9.17) is 4.42 Å². The first-order valence-electron chi connectivity index (χ1n) is 7.74. The molecule has 0 saturated carbocycles. The van der Waals surface area contributed by atoms with Gasteiger partial charge >= 0.3 is 0 Å². The molecule has 1 aromatic carbocycles. The van der Waals surface area contributed by atoms with Crippen molar-refractivity contribution in [2.75, 3.05) is 26.2 Å². The van der Waals surface area contributed by atoms with Gasteiger partial charge in [-0.1, -0.05) is 23.8 Å². The van der Waals surface area contributed by atoms with E-state index >= 15 is 0 Å². The number of aryl methyl sites for hydroxylation is 2. The molecule has 2 heterocycles. The number of rotatable bonds is 4. The molecule has 1 fully saturated rings. The van der Waals surface area contributed by atoms with E-state index < -0.39 is 0 Å². The van der Waals surface area contributed by atoms with E-state index in [0.29, 0.717) is 0 Å².